The summed E-state index contributed by atoms with van der Waals surface area (Å²) in [5.74, 6) is 1.68. The summed E-state index contributed by atoms with van der Waals surface area (Å²) in [7, 11) is 0. The monoisotopic (exact) mass is 282 g/mol. The van der Waals surface area contributed by atoms with Crippen LogP contribution < -0.4 is 15.0 Å². The molecule has 1 unspecified atom stereocenters. The highest BCUT2D eigenvalue weighted by Crippen LogP contribution is 2.25. The molecule has 1 atom stereocenters. The van der Waals surface area contributed by atoms with Crippen molar-refractivity contribution >= 4 is 11.6 Å². The molecule has 1 aliphatic rings. The van der Waals surface area contributed by atoms with Gasteiger partial charge in [0.05, 0.1) is 6.04 Å². The van der Waals surface area contributed by atoms with E-state index in [9.17, 15) is 4.79 Å². The highest BCUT2D eigenvalue weighted by Gasteiger charge is 2.25. The van der Waals surface area contributed by atoms with Gasteiger partial charge in [-0.2, -0.15) is 0 Å². The van der Waals surface area contributed by atoms with Gasteiger partial charge in [-0.1, -0.05) is 18.2 Å². The van der Waals surface area contributed by atoms with E-state index in [1.807, 2.05) is 66.4 Å². The molecule has 4 heteroatoms. The van der Waals surface area contributed by atoms with Gasteiger partial charge in [-0.3, -0.25) is 4.79 Å². The maximum atomic E-state index is 12.1. The van der Waals surface area contributed by atoms with E-state index < -0.39 is 0 Å². The predicted octanol–water partition coefficient (Wildman–Crippen LogP) is 2.80. The van der Waals surface area contributed by atoms with E-state index in [1.165, 1.54) is 0 Å². The SMILES string of the molecule is CC1NCCN(c2ccc(Oc3ccccc3)cc2)C1=O. The zero-order chi connectivity index (χ0) is 14.7. The summed E-state index contributed by atoms with van der Waals surface area (Å²) >= 11 is 0. The number of benzene rings is 2. The zero-order valence-electron chi connectivity index (χ0n) is 12.0. The minimum Gasteiger partial charge on any atom is -0.457 e. The lowest BCUT2D eigenvalue weighted by Gasteiger charge is -2.31. The number of nitrogens with one attached hydrogen (secondary N) is 1. The molecule has 0 bridgehead atoms. The molecule has 0 aromatic heterocycles. The number of anilines is 1. The molecule has 0 spiro atoms. The molecule has 2 aromatic carbocycles. The fourth-order valence-corrected chi connectivity index (χ4v) is 2.40. The standard InChI is InChI=1S/C17H18N2O2/c1-13-17(20)19(12-11-18-13)14-7-9-16(10-8-14)21-15-5-3-2-4-6-15/h2-10,13,18H,11-12H2,1H3. The zero-order valence-corrected chi connectivity index (χ0v) is 12.0. The van der Waals surface area contributed by atoms with Crippen molar-refractivity contribution in [3.05, 3.63) is 54.6 Å². The van der Waals surface area contributed by atoms with Gasteiger partial charge >= 0.3 is 0 Å². The molecule has 1 saturated heterocycles. The van der Waals surface area contributed by atoms with Crippen molar-refractivity contribution in [1.82, 2.24) is 5.32 Å². The van der Waals surface area contributed by atoms with Gasteiger partial charge in [0.15, 0.2) is 0 Å². The first kappa shape index (κ1) is 13.6. The Kier molecular flexibility index (Phi) is 3.88. The van der Waals surface area contributed by atoms with E-state index in [0.717, 1.165) is 23.7 Å². The predicted molar refractivity (Wildman–Crippen MR) is 82.8 cm³/mol. The van der Waals surface area contributed by atoms with Crippen LogP contribution in [0.5, 0.6) is 11.5 Å². The first-order valence-electron chi connectivity index (χ1n) is 7.12. The molecular formula is C17H18N2O2. The molecule has 0 radical (unpaired) electrons. The van der Waals surface area contributed by atoms with Crippen molar-refractivity contribution in [2.45, 2.75) is 13.0 Å². The molecule has 1 heterocycles. The number of carbonyl (C=O) groups is 1. The Balaban J connectivity index is 1.73. The van der Waals surface area contributed by atoms with Crippen LogP contribution in [-0.4, -0.2) is 25.0 Å². The maximum Gasteiger partial charge on any atom is 0.243 e. The molecule has 0 aliphatic carbocycles. The largest absolute Gasteiger partial charge is 0.457 e. The molecule has 2 aromatic rings. The Morgan fingerprint density at radius 1 is 1.05 bits per heavy atom. The van der Waals surface area contributed by atoms with Crippen LogP contribution in [0.15, 0.2) is 54.6 Å². The lowest BCUT2D eigenvalue weighted by molar-refractivity contribution is -0.121. The summed E-state index contributed by atoms with van der Waals surface area (Å²) in [4.78, 5) is 13.9. The molecule has 1 N–H and O–H groups in total. The number of ether oxygens (including phenoxy) is 1. The van der Waals surface area contributed by atoms with Gasteiger partial charge in [-0.25, -0.2) is 0 Å². The van der Waals surface area contributed by atoms with Gasteiger partial charge in [-0.05, 0) is 43.3 Å². The summed E-state index contributed by atoms with van der Waals surface area (Å²) in [5, 5.41) is 3.16. The number of hydrogen-bond acceptors (Lipinski definition) is 3. The highest BCUT2D eigenvalue weighted by atomic mass is 16.5. The number of hydrogen-bond donors (Lipinski definition) is 1. The molecule has 21 heavy (non-hydrogen) atoms. The molecule has 4 nitrogen and oxygen atoms in total. The van der Waals surface area contributed by atoms with E-state index in [1.54, 1.807) is 0 Å². The quantitative estimate of drug-likeness (QED) is 0.941. The molecule has 1 aliphatic heterocycles. The van der Waals surface area contributed by atoms with Gasteiger partial charge in [0.1, 0.15) is 11.5 Å². The second kappa shape index (κ2) is 5.97. The van der Waals surface area contributed by atoms with Gasteiger partial charge in [0, 0.05) is 18.8 Å². The maximum absolute atomic E-state index is 12.1. The van der Waals surface area contributed by atoms with Crippen LogP contribution in [0.25, 0.3) is 0 Å². The third-order valence-electron chi connectivity index (χ3n) is 3.55. The van der Waals surface area contributed by atoms with Gasteiger partial charge in [-0.15, -0.1) is 0 Å². The first-order chi connectivity index (χ1) is 10.2. The number of amides is 1. The van der Waals surface area contributed by atoms with Gasteiger partial charge < -0.3 is 15.0 Å². The Morgan fingerprint density at radius 2 is 1.71 bits per heavy atom. The number of nitrogens with zero attached hydrogens (tertiary/aromatic N) is 1. The number of para-hydroxylation sites is 1. The van der Waals surface area contributed by atoms with E-state index in [0.29, 0.717) is 6.54 Å². The van der Waals surface area contributed by atoms with E-state index >= 15 is 0 Å². The van der Waals surface area contributed by atoms with E-state index in [-0.39, 0.29) is 11.9 Å². The van der Waals surface area contributed by atoms with Crippen LogP contribution >= 0.6 is 0 Å². The summed E-state index contributed by atoms with van der Waals surface area (Å²) < 4.78 is 5.75. The van der Waals surface area contributed by atoms with Crippen LogP contribution in [0, 0.1) is 0 Å². The smallest absolute Gasteiger partial charge is 0.243 e. The minimum atomic E-state index is -0.126. The van der Waals surface area contributed by atoms with Crippen molar-refractivity contribution in [3.8, 4) is 11.5 Å². The summed E-state index contributed by atoms with van der Waals surface area (Å²) in [6.07, 6.45) is 0. The van der Waals surface area contributed by atoms with Crippen molar-refractivity contribution in [2.75, 3.05) is 18.0 Å². The molecular weight excluding hydrogens is 264 g/mol. The normalized spacial score (nSPS) is 18.6. The summed E-state index contributed by atoms with van der Waals surface area (Å²) in [6, 6.07) is 17.2. The molecule has 1 fully saturated rings. The van der Waals surface area contributed by atoms with E-state index in [2.05, 4.69) is 5.32 Å². The second-order valence-electron chi connectivity index (χ2n) is 5.07. The lowest BCUT2D eigenvalue weighted by Crippen LogP contribution is -2.53. The van der Waals surface area contributed by atoms with Crippen molar-refractivity contribution in [3.63, 3.8) is 0 Å². The Hall–Kier alpha value is -2.33. The lowest BCUT2D eigenvalue weighted by atomic mass is 10.2. The van der Waals surface area contributed by atoms with Crippen LogP contribution in [0.2, 0.25) is 0 Å². The average molecular weight is 282 g/mol. The van der Waals surface area contributed by atoms with Gasteiger partial charge in [0.2, 0.25) is 5.91 Å². The van der Waals surface area contributed by atoms with Crippen molar-refractivity contribution in [2.24, 2.45) is 0 Å². The number of carbonyl (C=O) groups excluding carboxylic acids is 1. The fraction of sp³-hybridized carbons (Fsp3) is 0.235. The topological polar surface area (TPSA) is 41.6 Å². The van der Waals surface area contributed by atoms with Crippen LogP contribution in [0.4, 0.5) is 5.69 Å². The Labute approximate surface area is 124 Å². The Morgan fingerprint density at radius 3 is 2.43 bits per heavy atom. The number of piperazine rings is 1. The fourth-order valence-electron chi connectivity index (χ4n) is 2.40. The van der Waals surface area contributed by atoms with Gasteiger partial charge in [0.25, 0.3) is 0 Å². The minimum absolute atomic E-state index is 0.109. The number of rotatable bonds is 3. The second-order valence-corrected chi connectivity index (χ2v) is 5.07. The molecule has 0 saturated carbocycles. The summed E-state index contributed by atoms with van der Waals surface area (Å²) in [6.45, 7) is 3.40. The third kappa shape index (κ3) is 3.06. The van der Waals surface area contributed by atoms with Crippen molar-refractivity contribution < 1.29 is 9.53 Å². The van der Waals surface area contributed by atoms with E-state index in [4.69, 9.17) is 4.74 Å². The van der Waals surface area contributed by atoms with Crippen LogP contribution in [-0.2, 0) is 4.79 Å². The molecule has 1 amide bonds. The van der Waals surface area contributed by atoms with Crippen LogP contribution in [0.1, 0.15) is 6.92 Å². The molecule has 108 valence electrons. The Bertz CT molecular complexity index is 610. The first-order valence-corrected chi connectivity index (χ1v) is 7.12. The third-order valence-corrected chi connectivity index (χ3v) is 3.55. The van der Waals surface area contributed by atoms with Crippen molar-refractivity contribution in [1.29, 1.82) is 0 Å². The summed E-state index contributed by atoms with van der Waals surface area (Å²) in [5.41, 5.74) is 0.911. The average Bonchev–Trinajstić information content (AvgIpc) is 2.52. The molecule has 3 rings (SSSR count). The highest BCUT2D eigenvalue weighted by molar-refractivity contribution is 5.97. The van der Waals surface area contributed by atoms with Crippen LogP contribution in [0.3, 0.4) is 0 Å².